The first-order chi connectivity index (χ1) is 9.06. The lowest BCUT2D eigenvalue weighted by molar-refractivity contribution is 0.626. The van der Waals surface area contributed by atoms with E-state index in [1.165, 1.54) is 12.1 Å². The van der Waals surface area contributed by atoms with E-state index < -0.39 is 0 Å². The number of anilines is 1. The van der Waals surface area contributed by atoms with Crippen LogP contribution in [0, 0.1) is 19.7 Å². The van der Waals surface area contributed by atoms with E-state index in [1.807, 2.05) is 19.9 Å². The van der Waals surface area contributed by atoms with Crippen molar-refractivity contribution in [1.29, 1.82) is 0 Å². The summed E-state index contributed by atoms with van der Waals surface area (Å²) in [6.45, 7) is 3.84. The van der Waals surface area contributed by atoms with E-state index in [0.717, 1.165) is 11.1 Å². The van der Waals surface area contributed by atoms with Crippen molar-refractivity contribution in [3.63, 3.8) is 0 Å². The quantitative estimate of drug-likeness (QED) is 0.728. The Morgan fingerprint density at radius 2 is 2.00 bits per heavy atom. The molecule has 0 aliphatic heterocycles. The van der Waals surface area contributed by atoms with Gasteiger partial charge in [0.15, 0.2) is 5.65 Å². The van der Waals surface area contributed by atoms with E-state index in [2.05, 4.69) is 9.97 Å². The van der Waals surface area contributed by atoms with Crippen LogP contribution in [0.1, 0.15) is 11.1 Å². The van der Waals surface area contributed by atoms with Gasteiger partial charge in [-0.25, -0.2) is 14.4 Å². The first kappa shape index (κ1) is 11.6. The van der Waals surface area contributed by atoms with Gasteiger partial charge in [0.05, 0.1) is 5.69 Å². The van der Waals surface area contributed by atoms with Gasteiger partial charge >= 0.3 is 0 Å². The molecule has 0 radical (unpaired) electrons. The number of hydrogen-bond donors (Lipinski definition) is 1. The molecule has 0 amide bonds. The maximum atomic E-state index is 13.4. The van der Waals surface area contributed by atoms with Crippen molar-refractivity contribution in [1.82, 2.24) is 14.5 Å². The molecule has 2 N–H and O–H groups in total. The van der Waals surface area contributed by atoms with E-state index in [1.54, 1.807) is 16.8 Å². The molecule has 0 unspecified atom stereocenters. The van der Waals surface area contributed by atoms with Crippen LogP contribution in [0.25, 0.3) is 16.9 Å². The summed E-state index contributed by atoms with van der Waals surface area (Å²) in [5, 5.41) is 0. The topological polar surface area (TPSA) is 56.7 Å². The molecule has 0 spiro atoms. The van der Waals surface area contributed by atoms with E-state index in [9.17, 15) is 4.39 Å². The highest BCUT2D eigenvalue weighted by Gasteiger charge is 2.13. The van der Waals surface area contributed by atoms with E-state index >= 15 is 0 Å². The number of nitrogen functional groups attached to an aromatic ring is 1. The number of nitrogens with two attached hydrogens (primary N) is 1. The van der Waals surface area contributed by atoms with Gasteiger partial charge in [0, 0.05) is 6.20 Å². The van der Waals surface area contributed by atoms with Crippen molar-refractivity contribution in [3.05, 3.63) is 47.4 Å². The molecule has 2 heterocycles. The number of hydrogen-bond acceptors (Lipinski definition) is 3. The number of nitrogens with zero attached hydrogens (tertiary/aromatic N) is 3. The fourth-order valence-corrected chi connectivity index (χ4v) is 2.14. The Morgan fingerprint density at radius 1 is 1.21 bits per heavy atom. The SMILES string of the molecule is Cc1cnc2c(c1)nc(N)n2-c1cc(F)ccc1C. The molecular formula is C14H13FN4. The average molecular weight is 256 g/mol. The largest absolute Gasteiger partial charge is 0.369 e. The minimum absolute atomic E-state index is 0.307. The second-order valence-electron chi connectivity index (χ2n) is 4.59. The van der Waals surface area contributed by atoms with Crippen LogP contribution in [0.3, 0.4) is 0 Å². The van der Waals surface area contributed by atoms with Crippen molar-refractivity contribution in [2.24, 2.45) is 0 Å². The van der Waals surface area contributed by atoms with Gasteiger partial charge in [-0.05, 0) is 43.2 Å². The molecule has 4 nitrogen and oxygen atoms in total. The van der Waals surface area contributed by atoms with Gasteiger partial charge in [0.25, 0.3) is 0 Å². The molecule has 3 rings (SSSR count). The summed E-state index contributed by atoms with van der Waals surface area (Å²) < 4.78 is 15.1. The number of fused-ring (bicyclic) bond motifs is 1. The van der Waals surface area contributed by atoms with Crippen LogP contribution in [0.2, 0.25) is 0 Å². The third kappa shape index (κ3) is 1.83. The maximum absolute atomic E-state index is 13.4. The molecule has 2 aromatic heterocycles. The molecule has 0 saturated carbocycles. The highest BCUT2D eigenvalue weighted by molar-refractivity contribution is 5.77. The van der Waals surface area contributed by atoms with Crippen LogP contribution >= 0.6 is 0 Å². The van der Waals surface area contributed by atoms with Crippen molar-refractivity contribution < 1.29 is 4.39 Å². The Labute approximate surface area is 109 Å². The zero-order valence-corrected chi connectivity index (χ0v) is 10.7. The Balaban J connectivity index is 2.36. The summed E-state index contributed by atoms with van der Waals surface area (Å²) in [4.78, 5) is 8.62. The number of aromatic nitrogens is 3. The third-order valence-corrected chi connectivity index (χ3v) is 3.07. The minimum atomic E-state index is -0.311. The molecule has 0 fully saturated rings. The predicted molar refractivity (Wildman–Crippen MR) is 72.7 cm³/mol. The molecule has 0 atom stereocenters. The zero-order chi connectivity index (χ0) is 13.6. The van der Waals surface area contributed by atoms with Gasteiger partial charge in [0.1, 0.15) is 11.3 Å². The summed E-state index contributed by atoms with van der Waals surface area (Å²) in [6.07, 6.45) is 1.74. The number of imidazole rings is 1. The van der Waals surface area contributed by atoms with Crippen LogP contribution in [-0.2, 0) is 0 Å². The van der Waals surface area contributed by atoms with E-state index in [0.29, 0.717) is 22.8 Å². The first-order valence-corrected chi connectivity index (χ1v) is 5.93. The van der Waals surface area contributed by atoms with Gasteiger partial charge in [0.2, 0.25) is 5.95 Å². The molecule has 0 aliphatic rings. The lowest BCUT2D eigenvalue weighted by Crippen LogP contribution is -2.03. The highest BCUT2D eigenvalue weighted by Crippen LogP contribution is 2.24. The summed E-state index contributed by atoms with van der Waals surface area (Å²) in [5.41, 5.74) is 9.87. The van der Waals surface area contributed by atoms with Crippen LogP contribution < -0.4 is 5.73 Å². The van der Waals surface area contributed by atoms with Crippen LogP contribution in [0.15, 0.2) is 30.5 Å². The van der Waals surface area contributed by atoms with E-state index in [4.69, 9.17) is 5.73 Å². The Bertz CT molecular complexity index is 776. The molecular weight excluding hydrogens is 243 g/mol. The van der Waals surface area contributed by atoms with Crippen LogP contribution in [-0.4, -0.2) is 14.5 Å². The standard InChI is InChI=1S/C14H13FN4/c1-8-5-11-13(17-7-8)19(14(16)18-11)12-6-10(15)4-3-9(12)2/h3-7H,1-2H3,(H2,16,18). The summed E-state index contributed by atoms with van der Waals surface area (Å²) in [7, 11) is 0. The van der Waals surface area contributed by atoms with Gasteiger partial charge in [-0.3, -0.25) is 4.57 Å². The maximum Gasteiger partial charge on any atom is 0.207 e. The molecule has 3 aromatic rings. The van der Waals surface area contributed by atoms with Gasteiger partial charge < -0.3 is 5.73 Å². The normalized spacial score (nSPS) is 11.1. The third-order valence-electron chi connectivity index (χ3n) is 3.07. The first-order valence-electron chi connectivity index (χ1n) is 5.93. The fourth-order valence-electron chi connectivity index (χ4n) is 2.14. The fraction of sp³-hybridized carbons (Fsp3) is 0.143. The molecule has 1 aromatic carbocycles. The monoisotopic (exact) mass is 256 g/mol. The molecule has 0 aliphatic carbocycles. The lowest BCUT2D eigenvalue weighted by atomic mass is 10.2. The molecule has 0 bridgehead atoms. The Hall–Kier alpha value is -2.43. The minimum Gasteiger partial charge on any atom is -0.369 e. The van der Waals surface area contributed by atoms with Gasteiger partial charge in [-0.1, -0.05) is 6.07 Å². The van der Waals surface area contributed by atoms with Crippen LogP contribution in [0.4, 0.5) is 10.3 Å². The number of pyridine rings is 1. The number of rotatable bonds is 1. The predicted octanol–water partition coefficient (Wildman–Crippen LogP) is 2.76. The lowest BCUT2D eigenvalue weighted by Gasteiger charge is -2.09. The van der Waals surface area contributed by atoms with Crippen LogP contribution in [0.5, 0.6) is 0 Å². The molecule has 19 heavy (non-hydrogen) atoms. The van der Waals surface area contributed by atoms with Crippen molar-refractivity contribution in [3.8, 4) is 5.69 Å². The summed E-state index contributed by atoms with van der Waals surface area (Å²) in [6, 6.07) is 6.48. The van der Waals surface area contributed by atoms with Gasteiger partial charge in [-0.2, -0.15) is 0 Å². The summed E-state index contributed by atoms with van der Waals surface area (Å²) >= 11 is 0. The van der Waals surface area contributed by atoms with Gasteiger partial charge in [-0.15, -0.1) is 0 Å². The Kier molecular flexibility index (Phi) is 2.48. The highest BCUT2D eigenvalue weighted by atomic mass is 19.1. The second kappa shape index (κ2) is 4.05. The average Bonchev–Trinajstić information content (AvgIpc) is 2.67. The van der Waals surface area contributed by atoms with Crippen molar-refractivity contribution in [2.75, 3.05) is 5.73 Å². The van der Waals surface area contributed by atoms with Crippen molar-refractivity contribution >= 4 is 17.1 Å². The number of benzene rings is 1. The Morgan fingerprint density at radius 3 is 2.79 bits per heavy atom. The summed E-state index contributed by atoms with van der Waals surface area (Å²) in [5.74, 6) is -0.00392. The molecule has 96 valence electrons. The second-order valence-corrected chi connectivity index (χ2v) is 4.59. The van der Waals surface area contributed by atoms with E-state index in [-0.39, 0.29) is 5.82 Å². The smallest absolute Gasteiger partial charge is 0.207 e. The number of halogens is 1. The number of aryl methyl sites for hydroxylation is 2. The molecule has 0 saturated heterocycles. The molecule has 5 heteroatoms. The zero-order valence-electron chi connectivity index (χ0n) is 10.7. The van der Waals surface area contributed by atoms with Crippen molar-refractivity contribution in [2.45, 2.75) is 13.8 Å².